The number of carbonyl (C=O) groups is 1. The number of aromatic amines is 1. The molecule has 34 heavy (non-hydrogen) atoms. The van der Waals surface area contributed by atoms with Crippen molar-refractivity contribution >= 4 is 29.0 Å². The Morgan fingerprint density at radius 3 is 2.91 bits per heavy atom. The fourth-order valence-electron chi connectivity index (χ4n) is 3.92. The second-order valence-corrected chi connectivity index (χ2v) is 8.48. The van der Waals surface area contributed by atoms with E-state index in [1.54, 1.807) is 6.07 Å². The standard InChI is InChI=1S/C25H26N6O3/c1-15(2)28-24(32)18-10-17-5-7-22-19-11-16(4-6-21(19)29-30-22)20-13-27-31(3)23(20)14-33-8-9-34-25(17)26-12-18/h4-7,10-13,15H,8-9,14H2,1-3H3,(H,28,32)(H,29,30)/b7-5+. The number of aromatic nitrogens is 5. The summed E-state index contributed by atoms with van der Waals surface area (Å²) in [5.74, 6) is 0.247. The first-order valence-electron chi connectivity index (χ1n) is 11.2. The van der Waals surface area contributed by atoms with Crippen LogP contribution in [0.15, 0.2) is 36.7 Å². The number of pyridine rings is 1. The molecular formula is C25H26N6O3. The van der Waals surface area contributed by atoms with Gasteiger partial charge in [-0.15, -0.1) is 0 Å². The summed E-state index contributed by atoms with van der Waals surface area (Å²) in [7, 11) is 1.91. The number of nitrogens with zero attached hydrogens (tertiary/aromatic N) is 4. The average molecular weight is 459 g/mol. The van der Waals surface area contributed by atoms with E-state index in [0.717, 1.165) is 33.4 Å². The summed E-state index contributed by atoms with van der Waals surface area (Å²) in [6.07, 6.45) is 7.15. The van der Waals surface area contributed by atoms with Gasteiger partial charge in [0.05, 0.1) is 41.9 Å². The molecule has 0 aliphatic carbocycles. The molecule has 2 N–H and O–H groups in total. The lowest BCUT2D eigenvalue weighted by Crippen LogP contribution is -2.30. The van der Waals surface area contributed by atoms with Crippen LogP contribution >= 0.6 is 0 Å². The van der Waals surface area contributed by atoms with Gasteiger partial charge in [0, 0.05) is 35.8 Å². The number of ether oxygens (including phenoxy) is 2. The maximum absolute atomic E-state index is 12.5. The van der Waals surface area contributed by atoms with Crippen LogP contribution in [0.25, 0.3) is 34.2 Å². The molecule has 0 spiro atoms. The van der Waals surface area contributed by atoms with Crippen LogP contribution in [-0.2, 0) is 18.4 Å². The van der Waals surface area contributed by atoms with E-state index in [9.17, 15) is 4.79 Å². The van der Waals surface area contributed by atoms with Crippen LogP contribution in [0, 0.1) is 0 Å². The number of nitrogens with one attached hydrogen (secondary N) is 2. The molecule has 3 aromatic heterocycles. The van der Waals surface area contributed by atoms with Crippen molar-refractivity contribution in [1.82, 2.24) is 30.3 Å². The van der Waals surface area contributed by atoms with Crippen molar-refractivity contribution in [3.63, 3.8) is 0 Å². The molecule has 4 aromatic rings. The van der Waals surface area contributed by atoms with E-state index < -0.39 is 0 Å². The summed E-state index contributed by atoms with van der Waals surface area (Å²) >= 11 is 0. The summed E-state index contributed by atoms with van der Waals surface area (Å²) < 4.78 is 13.6. The molecule has 5 rings (SSSR count). The van der Waals surface area contributed by atoms with Crippen molar-refractivity contribution in [2.24, 2.45) is 7.05 Å². The molecule has 174 valence electrons. The topological polar surface area (TPSA) is 107 Å². The first-order chi connectivity index (χ1) is 16.5. The number of rotatable bonds is 2. The van der Waals surface area contributed by atoms with Gasteiger partial charge in [-0.2, -0.15) is 10.2 Å². The van der Waals surface area contributed by atoms with Crippen molar-refractivity contribution in [2.45, 2.75) is 26.5 Å². The fraction of sp³-hybridized carbons (Fsp3) is 0.280. The van der Waals surface area contributed by atoms with E-state index in [1.807, 2.05) is 50.0 Å². The molecule has 9 heteroatoms. The Hall–Kier alpha value is -3.98. The van der Waals surface area contributed by atoms with Gasteiger partial charge in [-0.25, -0.2) is 4.98 Å². The molecule has 0 atom stereocenters. The number of hydrogen-bond donors (Lipinski definition) is 2. The van der Waals surface area contributed by atoms with Crippen LogP contribution in [-0.4, -0.2) is 50.1 Å². The van der Waals surface area contributed by atoms with Crippen LogP contribution in [0.3, 0.4) is 0 Å². The lowest BCUT2D eigenvalue weighted by molar-refractivity contribution is 0.0838. The average Bonchev–Trinajstić information content (AvgIpc) is 3.39. The molecule has 1 aliphatic heterocycles. The summed E-state index contributed by atoms with van der Waals surface area (Å²) in [5, 5.41) is 15.9. The Morgan fingerprint density at radius 2 is 2.06 bits per heavy atom. The van der Waals surface area contributed by atoms with E-state index in [1.165, 1.54) is 6.20 Å². The fourth-order valence-corrected chi connectivity index (χ4v) is 3.92. The third-order valence-electron chi connectivity index (χ3n) is 5.65. The lowest BCUT2D eigenvalue weighted by atomic mass is 10.0. The number of H-pyrrole nitrogens is 1. The molecule has 1 aromatic carbocycles. The number of amides is 1. The van der Waals surface area contributed by atoms with E-state index in [-0.39, 0.29) is 11.9 Å². The van der Waals surface area contributed by atoms with Gasteiger partial charge >= 0.3 is 0 Å². The normalized spacial score (nSPS) is 14.7. The molecule has 1 amide bonds. The number of hydrogen-bond acceptors (Lipinski definition) is 6. The van der Waals surface area contributed by atoms with Crippen LogP contribution < -0.4 is 10.1 Å². The van der Waals surface area contributed by atoms with E-state index in [4.69, 9.17) is 9.47 Å². The van der Waals surface area contributed by atoms with Crippen molar-refractivity contribution in [2.75, 3.05) is 13.2 Å². The monoisotopic (exact) mass is 458 g/mol. The van der Waals surface area contributed by atoms with Gasteiger partial charge in [-0.05, 0) is 49.8 Å². The molecule has 4 heterocycles. The molecule has 0 radical (unpaired) electrons. The summed E-state index contributed by atoms with van der Waals surface area (Å²) in [5.41, 5.74) is 5.89. The molecule has 9 nitrogen and oxygen atoms in total. The number of aryl methyl sites for hydroxylation is 1. The minimum atomic E-state index is -0.181. The highest BCUT2D eigenvalue weighted by Crippen LogP contribution is 2.29. The Bertz CT molecular complexity index is 1380. The van der Waals surface area contributed by atoms with Crippen LogP contribution in [0.4, 0.5) is 0 Å². The van der Waals surface area contributed by atoms with Gasteiger partial charge in [-0.3, -0.25) is 14.6 Å². The molecule has 0 saturated carbocycles. The predicted octanol–water partition coefficient (Wildman–Crippen LogP) is 3.58. The highest BCUT2D eigenvalue weighted by atomic mass is 16.5. The van der Waals surface area contributed by atoms with Crippen molar-refractivity contribution in [1.29, 1.82) is 0 Å². The third kappa shape index (κ3) is 4.29. The highest BCUT2D eigenvalue weighted by Gasteiger charge is 2.15. The van der Waals surface area contributed by atoms with Crippen molar-refractivity contribution in [3.8, 4) is 17.0 Å². The van der Waals surface area contributed by atoms with Gasteiger partial charge in [0.1, 0.15) is 6.61 Å². The predicted molar refractivity (Wildman–Crippen MR) is 129 cm³/mol. The minimum Gasteiger partial charge on any atom is -0.475 e. The summed E-state index contributed by atoms with van der Waals surface area (Å²) in [4.78, 5) is 16.9. The maximum Gasteiger partial charge on any atom is 0.253 e. The van der Waals surface area contributed by atoms with Gasteiger partial charge in [0.25, 0.3) is 5.91 Å². The largest absolute Gasteiger partial charge is 0.475 e. The van der Waals surface area contributed by atoms with Gasteiger partial charge in [0.2, 0.25) is 5.88 Å². The van der Waals surface area contributed by atoms with E-state index in [2.05, 4.69) is 37.7 Å². The maximum atomic E-state index is 12.5. The van der Waals surface area contributed by atoms with Gasteiger partial charge < -0.3 is 14.8 Å². The zero-order valence-corrected chi connectivity index (χ0v) is 19.3. The molecule has 0 fully saturated rings. The summed E-state index contributed by atoms with van der Waals surface area (Å²) in [6.45, 7) is 4.94. The zero-order valence-electron chi connectivity index (χ0n) is 19.3. The smallest absolute Gasteiger partial charge is 0.253 e. The molecule has 0 unspecified atom stereocenters. The Labute approximate surface area is 196 Å². The SMILES string of the molecule is CC(C)NC(=O)c1cnc2c(c1)/C=C/c1n[nH]c3ccc(cc13)-c1cnn(C)c1COCCO2. The van der Waals surface area contributed by atoms with Gasteiger partial charge in [-0.1, -0.05) is 6.07 Å². The molecule has 0 saturated heterocycles. The quantitative estimate of drug-likeness (QED) is 0.476. The number of benzene rings is 1. The van der Waals surface area contributed by atoms with Crippen LogP contribution in [0.5, 0.6) is 5.88 Å². The first kappa shape index (κ1) is 21.8. The lowest BCUT2D eigenvalue weighted by Gasteiger charge is -2.12. The van der Waals surface area contributed by atoms with Crippen LogP contribution in [0.1, 0.15) is 41.2 Å². The molecule has 2 bridgehead atoms. The van der Waals surface area contributed by atoms with Gasteiger partial charge in [0.15, 0.2) is 0 Å². The Morgan fingerprint density at radius 1 is 1.18 bits per heavy atom. The first-order valence-corrected chi connectivity index (χ1v) is 11.2. The number of carbonyl (C=O) groups excluding carboxylic acids is 1. The van der Waals surface area contributed by atoms with Crippen molar-refractivity contribution in [3.05, 3.63) is 59.2 Å². The van der Waals surface area contributed by atoms with Crippen LogP contribution in [0.2, 0.25) is 0 Å². The third-order valence-corrected chi connectivity index (χ3v) is 5.65. The van der Waals surface area contributed by atoms with Crippen molar-refractivity contribution < 1.29 is 14.3 Å². The number of fused-ring (bicyclic) bond motifs is 4. The second kappa shape index (κ2) is 9.11. The van der Waals surface area contributed by atoms with E-state index >= 15 is 0 Å². The second-order valence-electron chi connectivity index (χ2n) is 8.48. The minimum absolute atomic E-state index is 0.0259. The zero-order chi connectivity index (χ0) is 23.7. The molecular weight excluding hydrogens is 432 g/mol. The summed E-state index contributed by atoms with van der Waals surface area (Å²) in [6, 6.07) is 7.96. The Balaban J connectivity index is 1.59. The highest BCUT2D eigenvalue weighted by molar-refractivity contribution is 5.96. The molecule has 1 aliphatic rings. The Kier molecular flexibility index (Phi) is 5.85. The van der Waals surface area contributed by atoms with E-state index in [0.29, 0.717) is 36.8 Å².